The summed E-state index contributed by atoms with van der Waals surface area (Å²) in [5, 5.41) is 3.12. The SMILES string of the molecule is CNC(C)Cc1cnco1. The first kappa shape index (κ1) is 7.28. The molecule has 10 heavy (non-hydrogen) atoms. The normalized spacial score (nSPS) is 13.4. The maximum Gasteiger partial charge on any atom is 0.180 e. The number of oxazole rings is 1. The monoisotopic (exact) mass is 140 g/mol. The number of likely N-dealkylation sites (N-methyl/N-ethyl adjacent to an activating group) is 1. The van der Waals surface area contributed by atoms with Gasteiger partial charge in [0.15, 0.2) is 6.39 Å². The lowest BCUT2D eigenvalue weighted by atomic mass is 10.2. The number of nitrogens with zero attached hydrogens (tertiary/aromatic N) is 1. The van der Waals surface area contributed by atoms with E-state index in [1.165, 1.54) is 6.39 Å². The van der Waals surface area contributed by atoms with Gasteiger partial charge in [0.25, 0.3) is 0 Å². The summed E-state index contributed by atoms with van der Waals surface area (Å²) in [6.07, 6.45) is 4.10. The molecule has 0 fully saturated rings. The van der Waals surface area contributed by atoms with E-state index in [0.29, 0.717) is 6.04 Å². The molecular weight excluding hydrogens is 128 g/mol. The molecular formula is C7H12N2O. The molecule has 1 N–H and O–H groups in total. The molecule has 0 saturated heterocycles. The third kappa shape index (κ3) is 1.84. The minimum Gasteiger partial charge on any atom is -0.448 e. The molecule has 1 rings (SSSR count). The van der Waals surface area contributed by atoms with Crippen molar-refractivity contribution in [2.75, 3.05) is 7.05 Å². The number of hydrogen-bond donors (Lipinski definition) is 1. The van der Waals surface area contributed by atoms with Gasteiger partial charge in [0.05, 0.1) is 6.20 Å². The first-order valence-corrected chi connectivity index (χ1v) is 3.37. The van der Waals surface area contributed by atoms with Crippen LogP contribution in [0.5, 0.6) is 0 Å². The lowest BCUT2D eigenvalue weighted by Crippen LogP contribution is -2.23. The molecule has 0 aromatic carbocycles. The van der Waals surface area contributed by atoms with E-state index in [2.05, 4.69) is 17.2 Å². The van der Waals surface area contributed by atoms with Gasteiger partial charge in [0, 0.05) is 12.5 Å². The minimum atomic E-state index is 0.452. The molecule has 0 amide bonds. The summed E-state index contributed by atoms with van der Waals surface area (Å²) in [7, 11) is 1.93. The first-order valence-electron chi connectivity index (χ1n) is 3.37. The summed E-state index contributed by atoms with van der Waals surface area (Å²) in [6.45, 7) is 2.10. The second-order valence-electron chi connectivity index (χ2n) is 2.36. The van der Waals surface area contributed by atoms with Crippen molar-refractivity contribution in [3.63, 3.8) is 0 Å². The number of nitrogens with one attached hydrogen (secondary N) is 1. The van der Waals surface area contributed by atoms with Gasteiger partial charge in [0.2, 0.25) is 0 Å². The molecule has 3 heteroatoms. The van der Waals surface area contributed by atoms with E-state index in [1.807, 2.05) is 7.05 Å². The van der Waals surface area contributed by atoms with E-state index in [-0.39, 0.29) is 0 Å². The van der Waals surface area contributed by atoms with Crippen LogP contribution in [0.25, 0.3) is 0 Å². The van der Waals surface area contributed by atoms with Gasteiger partial charge in [0.1, 0.15) is 5.76 Å². The average Bonchev–Trinajstić information content (AvgIpc) is 2.40. The van der Waals surface area contributed by atoms with Gasteiger partial charge in [-0.2, -0.15) is 0 Å². The van der Waals surface area contributed by atoms with Gasteiger partial charge >= 0.3 is 0 Å². The maximum atomic E-state index is 5.05. The molecule has 1 heterocycles. The van der Waals surface area contributed by atoms with Crippen molar-refractivity contribution in [1.29, 1.82) is 0 Å². The molecule has 1 aromatic heterocycles. The molecule has 0 aliphatic rings. The fourth-order valence-electron chi connectivity index (χ4n) is 0.747. The van der Waals surface area contributed by atoms with E-state index < -0.39 is 0 Å². The van der Waals surface area contributed by atoms with Gasteiger partial charge in [-0.15, -0.1) is 0 Å². The Morgan fingerprint density at radius 1 is 1.80 bits per heavy atom. The van der Waals surface area contributed by atoms with Crippen LogP contribution in [0.1, 0.15) is 12.7 Å². The van der Waals surface area contributed by atoms with E-state index in [0.717, 1.165) is 12.2 Å². The Balaban J connectivity index is 2.40. The molecule has 0 radical (unpaired) electrons. The van der Waals surface area contributed by atoms with Gasteiger partial charge in [-0.3, -0.25) is 0 Å². The van der Waals surface area contributed by atoms with Gasteiger partial charge in [-0.05, 0) is 14.0 Å². The molecule has 0 spiro atoms. The Morgan fingerprint density at radius 3 is 3.10 bits per heavy atom. The summed E-state index contributed by atoms with van der Waals surface area (Å²) in [5.41, 5.74) is 0. The minimum absolute atomic E-state index is 0.452. The third-order valence-corrected chi connectivity index (χ3v) is 1.48. The zero-order valence-electron chi connectivity index (χ0n) is 6.29. The Hall–Kier alpha value is -0.830. The molecule has 1 aromatic rings. The zero-order valence-corrected chi connectivity index (χ0v) is 6.29. The van der Waals surface area contributed by atoms with Crippen LogP contribution < -0.4 is 5.32 Å². The highest BCUT2D eigenvalue weighted by molar-refractivity contribution is 4.90. The Kier molecular flexibility index (Phi) is 2.45. The highest BCUT2D eigenvalue weighted by Crippen LogP contribution is 2.00. The Bertz CT molecular complexity index is 172. The number of aromatic nitrogens is 1. The van der Waals surface area contributed by atoms with Crippen molar-refractivity contribution in [3.05, 3.63) is 18.4 Å². The van der Waals surface area contributed by atoms with E-state index >= 15 is 0 Å². The topological polar surface area (TPSA) is 38.1 Å². The van der Waals surface area contributed by atoms with Gasteiger partial charge < -0.3 is 9.73 Å². The van der Waals surface area contributed by atoms with E-state index in [9.17, 15) is 0 Å². The molecule has 0 aliphatic carbocycles. The average molecular weight is 140 g/mol. The van der Waals surface area contributed by atoms with Crippen molar-refractivity contribution in [1.82, 2.24) is 10.3 Å². The largest absolute Gasteiger partial charge is 0.448 e. The molecule has 56 valence electrons. The highest BCUT2D eigenvalue weighted by atomic mass is 16.3. The number of hydrogen-bond acceptors (Lipinski definition) is 3. The molecule has 1 unspecified atom stereocenters. The lowest BCUT2D eigenvalue weighted by molar-refractivity contribution is 0.469. The second kappa shape index (κ2) is 3.37. The molecule has 0 bridgehead atoms. The quantitative estimate of drug-likeness (QED) is 0.675. The van der Waals surface area contributed by atoms with Crippen LogP contribution in [-0.2, 0) is 6.42 Å². The molecule has 0 aliphatic heterocycles. The van der Waals surface area contributed by atoms with Crippen molar-refractivity contribution >= 4 is 0 Å². The maximum absolute atomic E-state index is 5.05. The summed E-state index contributed by atoms with van der Waals surface area (Å²) < 4.78 is 5.05. The van der Waals surface area contributed by atoms with E-state index in [1.54, 1.807) is 6.20 Å². The predicted molar refractivity (Wildman–Crippen MR) is 38.7 cm³/mol. The van der Waals surface area contributed by atoms with Crippen LogP contribution in [0.2, 0.25) is 0 Å². The van der Waals surface area contributed by atoms with Crippen molar-refractivity contribution < 1.29 is 4.42 Å². The van der Waals surface area contributed by atoms with Crippen LogP contribution in [-0.4, -0.2) is 18.1 Å². The predicted octanol–water partition coefficient (Wildman–Crippen LogP) is 0.825. The molecule has 1 atom stereocenters. The van der Waals surface area contributed by atoms with Gasteiger partial charge in [-0.25, -0.2) is 4.98 Å². The summed E-state index contributed by atoms with van der Waals surface area (Å²) in [5.74, 6) is 0.932. The van der Waals surface area contributed by atoms with Crippen LogP contribution >= 0.6 is 0 Å². The molecule has 0 saturated carbocycles. The summed E-state index contributed by atoms with van der Waals surface area (Å²) in [6, 6.07) is 0.452. The highest BCUT2D eigenvalue weighted by Gasteiger charge is 2.01. The van der Waals surface area contributed by atoms with Crippen molar-refractivity contribution in [3.8, 4) is 0 Å². The molecule has 3 nitrogen and oxygen atoms in total. The standard InChI is InChI=1S/C7H12N2O/c1-6(8-2)3-7-4-9-5-10-7/h4-6,8H,3H2,1-2H3. The zero-order chi connectivity index (χ0) is 7.40. The Morgan fingerprint density at radius 2 is 2.60 bits per heavy atom. The lowest BCUT2D eigenvalue weighted by Gasteiger charge is -2.05. The second-order valence-corrected chi connectivity index (χ2v) is 2.36. The van der Waals surface area contributed by atoms with Crippen molar-refractivity contribution in [2.45, 2.75) is 19.4 Å². The third-order valence-electron chi connectivity index (χ3n) is 1.48. The van der Waals surface area contributed by atoms with E-state index in [4.69, 9.17) is 4.42 Å². The van der Waals surface area contributed by atoms with Crippen LogP contribution in [0, 0.1) is 0 Å². The van der Waals surface area contributed by atoms with Crippen LogP contribution in [0.15, 0.2) is 17.0 Å². The number of rotatable bonds is 3. The van der Waals surface area contributed by atoms with Crippen LogP contribution in [0.4, 0.5) is 0 Å². The summed E-state index contributed by atoms with van der Waals surface area (Å²) in [4.78, 5) is 3.82. The van der Waals surface area contributed by atoms with Gasteiger partial charge in [-0.1, -0.05) is 0 Å². The smallest absolute Gasteiger partial charge is 0.180 e. The first-order chi connectivity index (χ1) is 4.83. The van der Waals surface area contributed by atoms with Crippen molar-refractivity contribution in [2.24, 2.45) is 0 Å². The summed E-state index contributed by atoms with van der Waals surface area (Å²) >= 11 is 0. The fraction of sp³-hybridized carbons (Fsp3) is 0.571. The fourth-order valence-corrected chi connectivity index (χ4v) is 0.747. The van der Waals surface area contributed by atoms with Crippen LogP contribution in [0.3, 0.4) is 0 Å². The Labute approximate surface area is 60.5 Å².